The summed E-state index contributed by atoms with van der Waals surface area (Å²) in [5.41, 5.74) is -0.115. The minimum absolute atomic E-state index is 0.188. The Bertz CT molecular complexity index is 738. The smallest absolute Gasteiger partial charge is 0.356 e. The number of aryl methyl sites for hydroxylation is 1. The maximum Gasteiger partial charge on any atom is 0.356 e. The van der Waals surface area contributed by atoms with Crippen molar-refractivity contribution in [3.8, 4) is 17.0 Å². The summed E-state index contributed by atoms with van der Waals surface area (Å²) in [7, 11) is 2.57. The highest BCUT2D eigenvalue weighted by molar-refractivity contribution is 5.94. The lowest BCUT2D eigenvalue weighted by atomic mass is 10.1. The average molecular weight is 294 g/mol. The zero-order valence-electron chi connectivity index (χ0n) is 11.1. The number of benzene rings is 1. The fourth-order valence-electron chi connectivity index (χ4n) is 1.85. The summed E-state index contributed by atoms with van der Waals surface area (Å²) in [6.07, 6.45) is 0. The molecular formula is C13H11FN2O5. The maximum absolute atomic E-state index is 13.7. The number of nitrogens with zero attached hydrogens (tertiary/aromatic N) is 2. The van der Waals surface area contributed by atoms with Crippen LogP contribution in [0.1, 0.15) is 20.8 Å². The minimum Gasteiger partial charge on any atom is -0.504 e. The molecule has 2 rings (SSSR count). The van der Waals surface area contributed by atoms with Gasteiger partial charge in [-0.15, -0.1) is 0 Å². The van der Waals surface area contributed by atoms with Crippen LogP contribution in [-0.2, 0) is 11.8 Å². The first-order chi connectivity index (χ1) is 9.85. The Morgan fingerprint density at radius 3 is 2.52 bits per heavy atom. The third-order valence-corrected chi connectivity index (χ3v) is 2.86. The Hall–Kier alpha value is -2.90. The Morgan fingerprint density at radius 2 is 2.00 bits per heavy atom. The fourth-order valence-corrected chi connectivity index (χ4v) is 1.85. The summed E-state index contributed by atoms with van der Waals surface area (Å²) < 4.78 is 19.4. The van der Waals surface area contributed by atoms with E-state index in [9.17, 15) is 19.1 Å². The number of halogens is 1. The van der Waals surface area contributed by atoms with Crippen molar-refractivity contribution in [3.05, 3.63) is 35.3 Å². The van der Waals surface area contributed by atoms with Crippen molar-refractivity contribution in [2.75, 3.05) is 7.11 Å². The largest absolute Gasteiger partial charge is 0.504 e. The number of phenols is 1. The van der Waals surface area contributed by atoms with Gasteiger partial charge in [-0.25, -0.2) is 14.0 Å². The number of phenolic OH excluding ortho intramolecular Hbond substituents is 1. The van der Waals surface area contributed by atoms with Crippen LogP contribution in [0, 0.1) is 5.82 Å². The number of aromatic carboxylic acids is 1. The molecule has 1 aromatic heterocycles. The molecule has 110 valence electrons. The van der Waals surface area contributed by atoms with E-state index in [1.165, 1.54) is 23.9 Å². The molecule has 0 spiro atoms. The molecule has 0 aliphatic rings. The predicted molar refractivity (Wildman–Crippen MR) is 68.6 cm³/mol. The molecule has 0 amide bonds. The Labute approximate surface area is 118 Å². The zero-order valence-corrected chi connectivity index (χ0v) is 11.1. The summed E-state index contributed by atoms with van der Waals surface area (Å²) in [4.78, 5) is 22.4. The van der Waals surface area contributed by atoms with E-state index in [2.05, 4.69) is 9.84 Å². The predicted octanol–water partition coefficient (Wildman–Crippen LogP) is 1.42. The lowest BCUT2D eigenvalue weighted by molar-refractivity contribution is 0.0595. The molecule has 0 unspecified atom stereocenters. The van der Waals surface area contributed by atoms with Crippen molar-refractivity contribution >= 4 is 11.9 Å². The molecule has 7 nitrogen and oxygen atoms in total. The van der Waals surface area contributed by atoms with Crippen LogP contribution in [-0.4, -0.2) is 39.0 Å². The lowest BCUT2D eigenvalue weighted by Gasteiger charge is -2.08. The van der Waals surface area contributed by atoms with Crippen molar-refractivity contribution in [2.24, 2.45) is 7.05 Å². The van der Waals surface area contributed by atoms with E-state index in [0.717, 1.165) is 13.2 Å². The molecular weight excluding hydrogens is 283 g/mol. The number of methoxy groups -OCH3 is 1. The van der Waals surface area contributed by atoms with Gasteiger partial charge in [0.25, 0.3) is 0 Å². The first kappa shape index (κ1) is 14.5. The summed E-state index contributed by atoms with van der Waals surface area (Å²) in [6.45, 7) is 0. The van der Waals surface area contributed by atoms with E-state index in [-0.39, 0.29) is 22.5 Å². The van der Waals surface area contributed by atoms with E-state index in [1.807, 2.05) is 0 Å². The van der Waals surface area contributed by atoms with Crippen LogP contribution in [0.5, 0.6) is 5.75 Å². The van der Waals surface area contributed by atoms with Gasteiger partial charge in [0.2, 0.25) is 0 Å². The molecule has 21 heavy (non-hydrogen) atoms. The highest BCUT2D eigenvalue weighted by atomic mass is 19.1. The fraction of sp³-hybridized carbons (Fsp3) is 0.154. The number of aromatic hydroxyl groups is 1. The molecule has 0 aliphatic carbocycles. The van der Waals surface area contributed by atoms with Gasteiger partial charge in [-0.2, -0.15) is 5.10 Å². The van der Waals surface area contributed by atoms with Gasteiger partial charge in [-0.05, 0) is 18.2 Å². The second-order valence-electron chi connectivity index (χ2n) is 4.19. The Morgan fingerprint density at radius 1 is 1.33 bits per heavy atom. The molecule has 0 atom stereocenters. The highest BCUT2D eigenvalue weighted by Crippen LogP contribution is 2.29. The lowest BCUT2D eigenvalue weighted by Crippen LogP contribution is -2.04. The van der Waals surface area contributed by atoms with Crippen LogP contribution in [0.2, 0.25) is 0 Å². The summed E-state index contributed by atoms with van der Waals surface area (Å²) in [6, 6.07) is 3.41. The van der Waals surface area contributed by atoms with Gasteiger partial charge in [-0.3, -0.25) is 4.68 Å². The maximum atomic E-state index is 13.7. The number of esters is 1. The van der Waals surface area contributed by atoms with Crippen molar-refractivity contribution in [2.45, 2.75) is 0 Å². The normalized spacial score (nSPS) is 10.4. The number of carboxylic acid groups (broad SMARTS) is 1. The van der Waals surface area contributed by atoms with Crippen molar-refractivity contribution in [1.82, 2.24) is 9.78 Å². The van der Waals surface area contributed by atoms with Gasteiger partial charge >= 0.3 is 11.9 Å². The van der Waals surface area contributed by atoms with Crippen molar-refractivity contribution in [1.29, 1.82) is 0 Å². The number of carboxylic acids is 1. The molecule has 0 fully saturated rings. The third kappa shape index (κ3) is 2.55. The topological polar surface area (TPSA) is 102 Å². The van der Waals surface area contributed by atoms with Crippen LogP contribution in [0.15, 0.2) is 18.2 Å². The number of carbonyl (C=O) groups excluding carboxylic acids is 1. The second kappa shape index (κ2) is 5.23. The minimum atomic E-state index is -1.23. The SMILES string of the molecule is COC(=O)c1cc(-c2cc(C(=O)O)nn2C)cc(F)c1O. The van der Waals surface area contributed by atoms with Crippen LogP contribution in [0.25, 0.3) is 11.3 Å². The monoisotopic (exact) mass is 294 g/mol. The Balaban J connectivity index is 2.62. The highest BCUT2D eigenvalue weighted by Gasteiger charge is 2.20. The van der Waals surface area contributed by atoms with E-state index in [1.54, 1.807) is 0 Å². The Kier molecular flexibility index (Phi) is 3.62. The number of carbonyl (C=O) groups is 2. The van der Waals surface area contributed by atoms with E-state index < -0.39 is 23.5 Å². The van der Waals surface area contributed by atoms with Crippen LogP contribution in [0.4, 0.5) is 4.39 Å². The van der Waals surface area contributed by atoms with Crippen LogP contribution >= 0.6 is 0 Å². The van der Waals surface area contributed by atoms with E-state index in [0.29, 0.717) is 0 Å². The zero-order chi connectivity index (χ0) is 15.7. The molecule has 0 bridgehead atoms. The number of hydrogen-bond donors (Lipinski definition) is 2. The number of hydrogen-bond acceptors (Lipinski definition) is 5. The molecule has 0 radical (unpaired) electrons. The molecule has 0 aliphatic heterocycles. The van der Waals surface area contributed by atoms with E-state index >= 15 is 0 Å². The van der Waals surface area contributed by atoms with Gasteiger partial charge in [0.1, 0.15) is 5.56 Å². The van der Waals surface area contributed by atoms with Gasteiger partial charge in [-0.1, -0.05) is 0 Å². The standard InChI is InChI=1S/C13H11FN2O5/c1-16-10(5-9(15-16)12(18)19)6-3-7(13(20)21-2)11(17)8(14)4-6/h3-5,17H,1-2H3,(H,18,19). The van der Waals surface area contributed by atoms with Gasteiger partial charge in [0, 0.05) is 12.6 Å². The molecule has 0 saturated heterocycles. The molecule has 8 heteroatoms. The van der Waals surface area contributed by atoms with Crippen molar-refractivity contribution < 1.29 is 28.9 Å². The summed E-state index contributed by atoms with van der Waals surface area (Å²) in [5.74, 6) is -3.99. The number of ether oxygens (including phenoxy) is 1. The molecule has 2 N–H and O–H groups in total. The number of rotatable bonds is 3. The van der Waals surface area contributed by atoms with Crippen LogP contribution in [0.3, 0.4) is 0 Å². The third-order valence-electron chi connectivity index (χ3n) is 2.86. The second-order valence-corrected chi connectivity index (χ2v) is 4.19. The molecule has 1 heterocycles. The molecule has 2 aromatic rings. The van der Waals surface area contributed by atoms with Crippen LogP contribution < -0.4 is 0 Å². The quantitative estimate of drug-likeness (QED) is 0.830. The van der Waals surface area contributed by atoms with Gasteiger partial charge in [0.15, 0.2) is 17.3 Å². The van der Waals surface area contributed by atoms with Crippen molar-refractivity contribution in [3.63, 3.8) is 0 Å². The summed E-state index contributed by atoms with van der Waals surface area (Å²) >= 11 is 0. The first-order valence-electron chi connectivity index (χ1n) is 5.73. The van der Waals surface area contributed by atoms with Gasteiger partial charge < -0.3 is 14.9 Å². The first-order valence-corrected chi connectivity index (χ1v) is 5.73. The summed E-state index contributed by atoms with van der Waals surface area (Å²) in [5, 5.41) is 22.2. The van der Waals surface area contributed by atoms with E-state index in [4.69, 9.17) is 5.11 Å². The molecule has 0 saturated carbocycles. The number of aromatic nitrogens is 2. The molecule has 1 aromatic carbocycles. The van der Waals surface area contributed by atoms with Gasteiger partial charge in [0.05, 0.1) is 12.8 Å². The average Bonchev–Trinajstić information content (AvgIpc) is 2.83.